The fourth-order valence-corrected chi connectivity index (χ4v) is 3.59. The molecule has 1 aliphatic carbocycles. The summed E-state index contributed by atoms with van der Waals surface area (Å²) in [5, 5.41) is 6.42. The third-order valence-electron chi connectivity index (χ3n) is 4.49. The molecule has 21 heavy (non-hydrogen) atoms. The molecule has 1 saturated heterocycles. The van der Waals surface area contributed by atoms with E-state index in [1.165, 1.54) is 6.42 Å². The summed E-state index contributed by atoms with van der Waals surface area (Å²) in [5.41, 5.74) is -0.213. The molecule has 2 fully saturated rings. The molecule has 2 N–H and O–H groups in total. The molecule has 3 unspecified atom stereocenters. The van der Waals surface area contributed by atoms with Gasteiger partial charge in [-0.15, -0.1) is 0 Å². The molecule has 0 aromatic carbocycles. The van der Waals surface area contributed by atoms with E-state index in [0.29, 0.717) is 24.6 Å². The van der Waals surface area contributed by atoms with Crippen LogP contribution in [0.15, 0.2) is 0 Å². The van der Waals surface area contributed by atoms with Gasteiger partial charge in [0.25, 0.3) is 0 Å². The van der Waals surface area contributed by atoms with Crippen LogP contribution >= 0.6 is 0 Å². The Morgan fingerprint density at radius 1 is 1.33 bits per heavy atom. The van der Waals surface area contributed by atoms with Crippen LogP contribution in [0.1, 0.15) is 47.5 Å². The minimum absolute atomic E-state index is 0.222. The summed E-state index contributed by atoms with van der Waals surface area (Å²) < 4.78 is 11.0. The Bertz CT molecular complexity index is 376. The number of ether oxygens (including phenoxy) is 2. The Morgan fingerprint density at radius 3 is 2.71 bits per heavy atom. The Labute approximate surface area is 128 Å². The first kappa shape index (κ1) is 16.6. The number of hydrogen-bond acceptors (Lipinski definition) is 4. The Balaban J connectivity index is 1.59. The Morgan fingerprint density at radius 2 is 2.05 bits per heavy atom. The van der Waals surface area contributed by atoms with E-state index in [0.717, 1.165) is 19.6 Å². The van der Waals surface area contributed by atoms with Crippen LogP contribution in [0.2, 0.25) is 0 Å². The number of carbonyl (C=O) groups excluding carboxylic acids is 1. The second-order valence-electron chi connectivity index (χ2n) is 7.78. The zero-order valence-electron chi connectivity index (χ0n) is 14.0. The summed E-state index contributed by atoms with van der Waals surface area (Å²) in [6.07, 6.45) is 2.16. The van der Waals surface area contributed by atoms with Gasteiger partial charge in [-0.05, 0) is 40.2 Å². The average Bonchev–Trinajstić information content (AvgIpc) is 2.77. The second kappa shape index (κ2) is 6.13. The van der Waals surface area contributed by atoms with Crippen molar-refractivity contribution < 1.29 is 14.3 Å². The van der Waals surface area contributed by atoms with E-state index in [2.05, 4.69) is 24.5 Å². The van der Waals surface area contributed by atoms with Crippen molar-refractivity contribution in [3.8, 4) is 0 Å². The van der Waals surface area contributed by atoms with Gasteiger partial charge < -0.3 is 20.1 Å². The molecule has 0 aromatic rings. The van der Waals surface area contributed by atoms with E-state index >= 15 is 0 Å². The first-order chi connectivity index (χ1) is 9.72. The molecular weight excluding hydrogens is 268 g/mol. The van der Waals surface area contributed by atoms with Gasteiger partial charge in [-0.1, -0.05) is 13.8 Å². The minimum Gasteiger partial charge on any atom is -0.444 e. The van der Waals surface area contributed by atoms with Crippen molar-refractivity contribution in [3.05, 3.63) is 0 Å². The largest absolute Gasteiger partial charge is 0.444 e. The number of rotatable bonds is 5. The van der Waals surface area contributed by atoms with Crippen molar-refractivity contribution in [3.63, 3.8) is 0 Å². The fraction of sp³-hybridized carbons (Fsp3) is 0.938. The lowest BCUT2D eigenvalue weighted by atomic mass is 9.57. The van der Waals surface area contributed by atoms with Crippen molar-refractivity contribution in [2.24, 2.45) is 11.3 Å². The average molecular weight is 298 g/mol. The highest BCUT2D eigenvalue weighted by Gasteiger charge is 2.58. The van der Waals surface area contributed by atoms with Crippen molar-refractivity contribution in [2.75, 3.05) is 19.7 Å². The van der Waals surface area contributed by atoms with Gasteiger partial charge in [-0.3, -0.25) is 0 Å². The van der Waals surface area contributed by atoms with Gasteiger partial charge in [0.1, 0.15) is 5.60 Å². The van der Waals surface area contributed by atoms with Gasteiger partial charge in [0.2, 0.25) is 0 Å². The maximum Gasteiger partial charge on any atom is 0.407 e. The lowest BCUT2D eigenvalue weighted by Gasteiger charge is -2.55. The SMILES string of the molecule is CC(C)(C)OC(=O)NCCCNC1C2CCOC2C1(C)C. The molecule has 0 radical (unpaired) electrons. The van der Waals surface area contributed by atoms with E-state index in [1.807, 2.05) is 20.8 Å². The van der Waals surface area contributed by atoms with Gasteiger partial charge in [-0.25, -0.2) is 4.79 Å². The van der Waals surface area contributed by atoms with Crippen LogP contribution in [0.5, 0.6) is 0 Å². The maximum atomic E-state index is 11.5. The lowest BCUT2D eigenvalue weighted by molar-refractivity contribution is -0.112. The number of amides is 1. The van der Waals surface area contributed by atoms with E-state index < -0.39 is 5.60 Å². The third-order valence-corrected chi connectivity index (χ3v) is 4.49. The van der Waals surface area contributed by atoms with Crippen LogP contribution in [-0.2, 0) is 9.47 Å². The Kier molecular flexibility index (Phi) is 4.83. The molecule has 122 valence electrons. The summed E-state index contributed by atoms with van der Waals surface area (Å²) in [4.78, 5) is 11.5. The van der Waals surface area contributed by atoms with E-state index in [9.17, 15) is 4.79 Å². The molecule has 1 saturated carbocycles. The molecule has 3 atom stereocenters. The molecular formula is C16H30N2O3. The van der Waals surface area contributed by atoms with Gasteiger partial charge in [0.05, 0.1) is 6.10 Å². The molecule has 0 bridgehead atoms. The highest BCUT2D eigenvalue weighted by Crippen LogP contribution is 2.51. The zero-order chi connectivity index (χ0) is 15.7. The van der Waals surface area contributed by atoms with Crippen molar-refractivity contribution in [2.45, 2.75) is 65.2 Å². The molecule has 5 heteroatoms. The first-order valence-electron chi connectivity index (χ1n) is 8.03. The summed E-state index contributed by atoms with van der Waals surface area (Å²) in [6.45, 7) is 12.6. The van der Waals surface area contributed by atoms with Crippen molar-refractivity contribution in [1.82, 2.24) is 10.6 Å². The van der Waals surface area contributed by atoms with Crippen LogP contribution < -0.4 is 10.6 Å². The van der Waals surface area contributed by atoms with Crippen LogP contribution in [0.3, 0.4) is 0 Å². The van der Waals surface area contributed by atoms with Crippen molar-refractivity contribution in [1.29, 1.82) is 0 Å². The summed E-state index contributed by atoms with van der Waals surface area (Å²) in [7, 11) is 0. The van der Waals surface area contributed by atoms with E-state index in [1.54, 1.807) is 0 Å². The number of nitrogens with one attached hydrogen (secondary N) is 2. The second-order valence-corrected chi connectivity index (χ2v) is 7.78. The molecule has 5 nitrogen and oxygen atoms in total. The number of fused-ring (bicyclic) bond motifs is 1. The van der Waals surface area contributed by atoms with Crippen LogP contribution in [-0.4, -0.2) is 43.5 Å². The quantitative estimate of drug-likeness (QED) is 0.765. The standard InChI is InChI=1S/C16H30N2O3/c1-15(2,3)21-14(19)18-9-6-8-17-12-11-7-10-20-13(11)16(12,4)5/h11-13,17H,6-10H2,1-5H3,(H,18,19). The van der Waals surface area contributed by atoms with Gasteiger partial charge in [-0.2, -0.15) is 0 Å². The molecule has 2 aliphatic rings. The maximum absolute atomic E-state index is 11.5. The number of carbonyl (C=O) groups is 1. The van der Waals surface area contributed by atoms with Gasteiger partial charge in [0.15, 0.2) is 0 Å². The monoisotopic (exact) mass is 298 g/mol. The Hall–Kier alpha value is -0.810. The molecule has 1 amide bonds. The fourth-order valence-electron chi connectivity index (χ4n) is 3.59. The summed E-state index contributed by atoms with van der Waals surface area (Å²) >= 11 is 0. The topological polar surface area (TPSA) is 59.6 Å². The zero-order valence-corrected chi connectivity index (χ0v) is 14.0. The number of hydrogen-bond donors (Lipinski definition) is 2. The predicted octanol–water partition coefficient (Wildman–Crippen LogP) is 2.30. The highest BCUT2D eigenvalue weighted by molar-refractivity contribution is 5.67. The molecule has 0 aromatic heterocycles. The summed E-state index contributed by atoms with van der Waals surface area (Å²) in [6, 6.07) is 0.534. The van der Waals surface area contributed by atoms with Crippen LogP contribution in [0, 0.1) is 11.3 Å². The molecule has 1 aliphatic heterocycles. The van der Waals surface area contributed by atoms with Crippen molar-refractivity contribution >= 4 is 6.09 Å². The normalized spacial score (nSPS) is 30.4. The molecule has 1 heterocycles. The lowest BCUT2D eigenvalue weighted by Crippen LogP contribution is -2.65. The predicted molar refractivity (Wildman–Crippen MR) is 82.3 cm³/mol. The van der Waals surface area contributed by atoms with Gasteiger partial charge in [0, 0.05) is 30.5 Å². The number of alkyl carbamates (subject to hydrolysis) is 1. The molecule has 0 spiro atoms. The third kappa shape index (κ3) is 3.89. The molecule has 2 rings (SSSR count). The highest BCUT2D eigenvalue weighted by atomic mass is 16.6. The smallest absolute Gasteiger partial charge is 0.407 e. The van der Waals surface area contributed by atoms with Crippen LogP contribution in [0.25, 0.3) is 0 Å². The van der Waals surface area contributed by atoms with E-state index in [4.69, 9.17) is 9.47 Å². The van der Waals surface area contributed by atoms with Gasteiger partial charge >= 0.3 is 6.09 Å². The van der Waals surface area contributed by atoms with E-state index in [-0.39, 0.29) is 11.5 Å². The summed E-state index contributed by atoms with van der Waals surface area (Å²) in [5.74, 6) is 0.666. The first-order valence-corrected chi connectivity index (χ1v) is 8.03. The minimum atomic E-state index is -0.435. The van der Waals surface area contributed by atoms with Crippen LogP contribution in [0.4, 0.5) is 4.79 Å².